The van der Waals surface area contributed by atoms with Crippen LogP contribution in [-0.4, -0.2) is 43.1 Å². The molecule has 1 aromatic rings. The minimum absolute atomic E-state index is 0.393. The fourth-order valence-electron chi connectivity index (χ4n) is 2.11. The topological polar surface area (TPSA) is 45.4 Å². The fraction of sp³-hybridized carbons (Fsp3) is 0.615. The van der Waals surface area contributed by atoms with E-state index in [1.807, 2.05) is 6.07 Å². The molecule has 0 radical (unpaired) electrons. The number of hydrogen-bond acceptors (Lipinski definition) is 4. The van der Waals surface area contributed by atoms with Gasteiger partial charge in [-0.15, -0.1) is 0 Å². The standard InChI is InChI=1S/C13H23ClN4/c1-5-18(10(2)9-17(3)4)13-6-11(7-15)12(14)8-16-13/h6,8,10H,5,7,9,15H2,1-4H3. The molecule has 1 aromatic heterocycles. The normalized spacial score (nSPS) is 12.8. The van der Waals surface area contributed by atoms with Crippen molar-refractivity contribution in [2.24, 2.45) is 5.73 Å². The van der Waals surface area contributed by atoms with Gasteiger partial charge in [0.25, 0.3) is 0 Å². The van der Waals surface area contributed by atoms with Crippen molar-refractivity contribution in [2.75, 3.05) is 32.1 Å². The molecule has 0 saturated heterocycles. The highest BCUT2D eigenvalue weighted by Gasteiger charge is 2.15. The van der Waals surface area contributed by atoms with Gasteiger partial charge in [0, 0.05) is 31.9 Å². The molecular formula is C13H23ClN4. The van der Waals surface area contributed by atoms with E-state index >= 15 is 0 Å². The molecule has 102 valence electrons. The van der Waals surface area contributed by atoms with E-state index in [2.05, 4.69) is 42.7 Å². The van der Waals surface area contributed by atoms with Gasteiger partial charge in [-0.2, -0.15) is 0 Å². The van der Waals surface area contributed by atoms with Crippen molar-refractivity contribution >= 4 is 17.4 Å². The highest BCUT2D eigenvalue weighted by Crippen LogP contribution is 2.21. The number of aromatic nitrogens is 1. The third kappa shape index (κ3) is 3.83. The zero-order valence-electron chi connectivity index (χ0n) is 11.7. The summed E-state index contributed by atoms with van der Waals surface area (Å²) in [5.41, 5.74) is 6.62. The first-order valence-corrected chi connectivity index (χ1v) is 6.63. The number of likely N-dealkylation sites (N-methyl/N-ethyl adjacent to an activating group) is 2. The molecule has 0 bridgehead atoms. The van der Waals surface area contributed by atoms with Crippen LogP contribution in [0.5, 0.6) is 0 Å². The van der Waals surface area contributed by atoms with Crippen LogP contribution in [0.25, 0.3) is 0 Å². The van der Waals surface area contributed by atoms with Gasteiger partial charge in [0.15, 0.2) is 0 Å². The molecule has 1 unspecified atom stereocenters. The largest absolute Gasteiger partial charge is 0.353 e. The van der Waals surface area contributed by atoms with Crippen LogP contribution in [0.15, 0.2) is 12.3 Å². The predicted molar refractivity (Wildman–Crippen MR) is 78.2 cm³/mol. The van der Waals surface area contributed by atoms with Crippen LogP contribution >= 0.6 is 11.6 Å². The number of halogens is 1. The van der Waals surface area contributed by atoms with Crippen LogP contribution < -0.4 is 10.6 Å². The van der Waals surface area contributed by atoms with Gasteiger partial charge in [-0.3, -0.25) is 0 Å². The SMILES string of the molecule is CCN(c1cc(CN)c(Cl)cn1)C(C)CN(C)C. The summed E-state index contributed by atoms with van der Waals surface area (Å²) in [6, 6.07) is 2.38. The number of pyridine rings is 1. The van der Waals surface area contributed by atoms with Crippen molar-refractivity contribution in [3.8, 4) is 0 Å². The van der Waals surface area contributed by atoms with E-state index in [-0.39, 0.29) is 0 Å². The summed E-state index contributed by atoms with van der Waals surface area (Å²) in [6.45, 7) is 6.66. The average Bonchev–Trinajstić information content (AvgIpc) is 2.31. The van der Waals surface area contributed by atoms with Gasteiger partial charge >= 0.3 is 0 Å². The molecule has 2 N–H and O–H groups in total. The Kier molecular flexibility index (Phi) is 5.85. The highest BCUT2D eigenvalue weighted by atomic mass is 35.5. The number of anilines is 1. The van der Waals surface area contributed by atoms with Crippen molar-refractivity contribution in [3.05, 3.63) is 22.8 Å². The van der Waals surface area contributed by atoms with E-state index in [1.54, 1.807) is 6.20 Å². The zero-order valence-corrected chi connectivity index (χ0v) is 12.4. The van der Waals surface area contributed by atoms with Crippen molar-refractivity contribution < 1.29 is 0 Å². The molecule has 0 aliphatic carbocycles. The van der Waals surface area contributed by atoms with Crippen LogP contribution in [0.2, 0.25) is 5.02 Å². The van der Waals surface area contributed by atoms with Crippen molar-refractivity contribution in [2.45, 2.75) is 26.4 Å². The molecule has 18 heavy (non-hydrogen) atoms. The lowest BCUT2D eigenvalue weighted by atomic mass is 10.2. The Morgan fingerprint density at radius 1 is 1.44 bits per heavy atom. The minimum atomic E-state index is 0.393. The Morgan fingerprint density at radius 3 is 2.61 bits per heavy atom. The van der Waals surface area contributed by atoms with E-state index in [9.17, 15) is 0 Å². The minimum Gasteiger partial charge on any atom is -0.353 e. The van der Waals surface area contributed by atoms with E-state index in [1.165, 1.54) is 0 Å². The number of rotatable bonds is 6. The molecule has 0 fully saturated rings. The maximum absolute atomic E-state index is 6.04. The number of nitrogens with two attached hydrogens (primary N) is 1. The van der Waals surface area contributed by atoms with Gasteiger partial charge in [0.05, 0.1) is 5.02 Å². The zero-order chi connectivity index (χ0) is 13.7. The van der Waals surface area contributed by atoms with Gasteiger partial charge in [0.1, 0.15) is 5.82 Å². The fourth-order valence-corrected chi connectivity index (χ4v) is 2.29. The molecule has 0 saturated carbocycles. The summed E-state index contributed by atoms with van der Waals surface area (Å²) in [4.78, 5) is 8.84. The lowest BCUT2D eigenvalue weighted by Gasteiger charge is -2.31. The van der Waals surface area contributed by atoms with Crippen LogP contribution in [0.4, 0.5) is 5.82 Å². The van der Waals surface area contributed by atoms with Gasteiger partial charge in [-0.1, -0.05) is 11.6 Å². The first-order valence-electron chi connectivity index (χ1n) is 6.25. The monoisotopic (exact) mass is 270 g/mol. The summed E-state index contributed by atoms with van der Waals surface area (Å²) in [5, 5.41) is 0.637. The molecule has 1 heterocycles. The summed E-state index contributed by atoms with van der Waals surface area (Å²) in [5.74, 6) is 0.941. The van der Waals surface area contributed by atoms with Gasteiger partial charge in [-0.05, 0) is 39.6 Å². The van der Waals surface area contributed by atoms with E-state index in [0.29, 0.717) is 17.6 Å². The van der Waals surface area contributed by atoms with Crippen LogP contribution in [0, 0.1) is 0 Å². The Hall–Kier alpha value is -0.840. The van der Waals surface area contributed by atoms with Gasteiger partial charge in [-0.25, -0.2) is 4.98 Å². The molecule has 5 heteroatoms. The second-order valence-corrected chi connectivity index (χ2v) is 5.14. The average molecular weight is 271 g/mol. The summed E-state index contributed by atoms with van der Waals surface area (Å²) >= 11 is 6.04. The van der Waals surface area contributed by atoms with Crippen LogP contribution in [0.3, 0.4) is 0 Å². The Labute approximate surface area is 115 Å². The summed E-state index contributed by atoms with van der Waals surface area (Å²) in [6.07, 6.45) is 1.68. The first-order chi connectivity index (χ1) is 8.49. The molecule has 0 aliphatic heterocycles. The Bertz CT molecular complexity index is 381. The van der Waals surface area contributed by atoms with Crippen molar-refractivity contribution in [1.29, 1.82) is 0 Å². The molecule has 0 spiro atoms. The lowest BCUT2D eigenvalue weighted by Crippen LogP contribution is -2.40. The third-order valence-electron chi connectivity index (χ3n) is 2.94. The number of hydrogen-bond donors (Lipinski definition) is 1. The van der Waals surface area contributed by atoms with Gasteiger partial charge in [0.2, 0.25) is 0 Å². The van der Waals surface area contributed by atoms with Crippen LogP contribution in [-0.2, 0) is 6.54 Å². The second kappa shape index (κ2) is 6.92. The predicted octanol–water partition coefficient (Wildman–Crippen LogP) is 1.97. The maximum atomic E-state index is 6.04. The molecule has 1 atom stereocenters. The van der Waals surface area contributed by atoms with Crippen LogP contribution in [0.1, 0.15) is 19.4 Å². The van der Waals surface area contributed by atoms with E-state index in [0.717, 1.165) is 24.5 Å². The molecule has 0 aromatic carbocycles. The highest BCUT2D eigenvalue weighted by molar-refractivity contribution is 6.31. The first kappa shape index (κ1) is 15.2. The van der Waals surface area contributed by atoms with Crippen molar-refractivity contribution in [1.82, 2.24) is 9.88 Å². The smallest absolute Gasteiger partial charge is 0.129 e. The van der Waals surface area contributed by atoms with Gasteiger partial charge < -0.3 is 15.5 Å². The second-order valence-electron chi connectivity index (χ2n) is 4.74. The van der Waals surface area contributed by atoms with E-state index < -0.39 is 0 Å². The Morgan fingerprint density at radius 2 is 2.11 bits per heavy atom. The summed E-state index contributed by atoms with van der Waals surface area (Å²) in [7, 11) is 4.15. The molecule has 0 aliphatic rings. The van der Waals surface area contributed by atoms with E-state index in [4.69, 9.17) is 17.3 Å². The molecule has 0 amide bonds. The molecule has 1 rings (SSSR count). The molecular weight excluding hydrogens is 248 g/mol. The quantitative estimate of drug-likeness (QED) is 0.859. The number of nitrogens with zero attached hydrogens (tertiary/aromatic N) is 3. The molecule has 4 nitrogen and oxygen atoms in total. The summed E-state index contributed by atoms with van der Waals surface area (Å²) < 4.78 is 0. The maximum Gasteiger partial charge on any atom is 0.129 e. The van der Waals surface area contributed by atoms with Crippen molar-refractivity contribution in [3.63, 3.8) is 0 Å². The Balaban J connectivity index is 2.94. The third-order valence-corrected chi connectivity index (χ3v) is 3.28. The lowest BCUT2D eigenvalue weighted by molar-refractivity contribution is 0.372.